The summed E-state index contributed by atoms with van der Waals surface area (Å²) in [6.45, 7) is 0. The molecule has 3 rings (SSSR count). The van der Waals surface area contributed by atoms with Crippen molar-refractivity contribution in [2.75, 3.05) is 12.4 Å². The highest BCUT2D eigenvalue weighted by atomic mass is 79.9. The summed E-state index contributed by atoms with van der Waals surface area (Å²) in [5, 5.41) is 4.33. The average molecular weight is 361 g/mol. The average Bonchev–Trinajstić information content (AvgIpc) is 2.93. The summed E-state index contributed by atoms with van der Waals surface area (Å²) in [4.78, 5) is 23.8. The molecule has 1 aliphatic carbocycles. The van der Waals surface area contributed by atoms with Gasteiger partial charge in [-0.3, -0.25) is 15.1 Å². The molecule has 1 amide bonds. The van der Waals surface area contributed by atoms with Crippen LogP contribution in [0.3, 0.4) is 0 Å². The Morgan fingerprint density at radius 2 is 2.27 bits per heavy atom. The molecule has 0 bridgehead atoms. The van der Waals surface area contributed by atoms with Gasteiger partial charge in [-0.1, -0.05) is 22.0 Å². The Morgan fingerprint density at radius 3 is 2.95 bits per heavy atom. The van der Waals surface area contributed by atoms with Crippen LogP contribution in [0.2, 0.25) is 0 Å². The molecule has 0 atom stereocenters. The molecule has 0 aliphatic heterocycles. The molecule has 2 N–H and O–H groups in total. The minimum Gasteiger partial charge on any atom is -0.499 e. The van der Waals surface area contributed by atoms with Crippen LogP contribution in [0.4, 0.5) is 5.95 Å². The maximum Gasteiger partial charge on any atom is 0.259 e. The van der Waals surface area contributed by atoms with Crippen molar-refractivity contribution in [3.8, 4) is 0 Å². The highest BCUT2D eigenvalue weighted by Gasteiger charge is 2.15. The Kier molecular flexibility index (Phi) is 4.02. The molecule has 6 nitrogen and oxygen atoms in total. The first kappa shape index (κ1) is 14.8. The molecular formula is C14H14BBrN4O2. The summed E-state index contributed by atoms with van der Waals surface area (Å²) in [5.74, 6) is 0.973. The van der Waals surface area contributed by atoms with E-state index in [1.807, 2.05) is 7.85 Å². The lowest BCUT2D eigenvalue weighted by Crippen LogP contribution is -2.31. The number of hydrogen-bond donors (Lipinski definition) is 2. The van der Waals surface area contributed by atoms with E-state index in [1.165, 1.54) is 0 Å². The molecule has 0 radical (unpaired) electrons. The van der Waals surface area contributed by atoms with E-state index in [4.69, 9.17) is 4.74 Å². The number of nitrogens with one attached hydrogen (secondary N) is 2. The van der Waals surface area contributed by atoms with Crippen LogP contribution in [-0.4, -0.2) is 35.8 Å². The van der Waals surface area contributed by atoms with Gasteiger partial charge >= 0.3 is 0 Å². The van der Waals surface area contributed by atoms with Gasteiger partial charge in [0.1, 0.15) is 16.5 Å². The van der Waals surface area contributed by atoms with Crippen LogP contribution < -0.4 is 21.6 Å². The van der Waals surface area contributed by atoms with Crippen LogP contribution in [0.1, 0.15) is 23.2 Å². The summed E-state index contributed by atoms with van der Waals surface area (Å²) in [6.07, 6.45) is 3.17. The number of ether oxygens (including phenoxy) is 1. The number of nitrogens with zero attached hydrogens (tertiary/aromatic N) is 2. The lowest BCUT2D eigenvalue weighted by molar-refractivity contribution is 0.102. The third-order valence-electron chi connectivity index (χ3n) is 3.46. The lowest BCUT2D eigenvalue weighted by Gasteiger charge is -2.08. The summed E-state index contributed by atoms with van der Waals surface area (Å²) in [5.41, 5.74) is 1.35. The first-order valence-electron chi connectivity index (χ1n) is 6.84. The van der Waals surface area contributed by atoms with Crippen molar-refractivity contribution < 1.29 is 9.53 Å². The van der Waals surface area contributed by atoms with Gasteiger partial charge in [0.05, 0.1) is 12.7 Å². The van der Waals surface area contributed by atoms with Crippen LogP contribution in [0, 0.1) is 0 Å². The fraction of sp³-hybridized carbons (Fsp3) is 0.214. The number of carbonyl (C=O) groups is 1. The number of H-pyrrole nitrogens is 1. The van der Waals surface area contributed by atoms with E-state index in [-0.39, 0.29) is 5.91 Å². The molecule has 22 heavy (non-hydrogen) atoms. The normalized spacial score (nSPS) is 13.7. The van der Waals surface area contributed by atoms with Gasteiger partial charge in [-0.25, -0.2) is 4.98 Å². The predicted octanol–water partition coefficient (Wildman–Crippen LogP) is -0.633. The van der Waals surface area contributed by atoms with E-state index >= 15 is 0 Å². The summed E-state index contributed by atoms with van der Waals surface area (Å²) < 4.78 is 6.37. The predicted molar refractivity (Wildman–Crippen MR) is 90.2 cm³/mol. The third-order valence-corrected chi connectivity index (χ3v) is 4.24. The second-order valence-electron chi connectivity index (χ2n) is 4.98. The highest BCUT2D eigenvalue weighted by Crippen LogP contribution is 2.19. The molecule has 1 aliphatic rings. The number of aromatic amines is 1. The van der Waals surface area contributed by atoms with Gasteiger partial charge in [0.25, 0.3) is 5.91 Å². The first-order valence-corrected chi connectivity index (χ1v) is 7.63. The number of aromatic nitrogens is 3. The van der Waals surface area contributed by atoms with Gasteiger partial charge < -0.3 is 9.72 Å². The van der Waals surface area contributed by atoms with Crippen LogP contribution >= 0.6 is 15.9 Å². The minimum absolute atomic E-state index is 0.256. The zero-order valence-corrected chi connectivity index (χ0v) is 13.8. The molecule has 2 heterocycles. The first-order chi connectivity index (χ1) is 10.6. The van der Waals surface area contributed by atoms with E-state index in [1.54, 1.807) is 25.4 Å². The van der Waals surface area contributed by atoms with Crippen LogP contribution in [0.25, 0.3) is 10.2 Å². The molecule has 0 aromatic carbocycles. The van der Waals surface area contributed by atoms with Crippen molar-refractivity contribution in [3.63, 3.8) is 0 Å². The largest absolute Gasteiger partial charge is 0.499 e. The Labute approximate surface area is 136 Å². The van der Waals surface area contributed by atoms with Gasteiger partial charge in [-0.15, -0.1) is 0 Å². The van der Waals surface area contributed by atoms with E-state index in [0.29, 0.717) is 11.5 Å². The number of methoxy groups -OCH3 is 1. The number of rotatable bonds is 3. The molecular weight excluding hydrogens is 347 g/mol. The highest BCUT2D eigenvalue weighted by molar-refractivity contribution is 9.14. The molecule has 2 aromatic heterocycles. The van der Waals surface area contributed by atoms with Gasteiger partial charge in [-0.05, 0) is 18.1 Å². The zero-order chi connectivity index (χ0) is 15.7. The number of pyridine rings is 1. The second-order valence-corrected chi connectivity index (χ2v) is 5.94. The summed E-state index contributed by atoms with van der Waals surface area (Å²) >= 11 is 3.52. The number of imidazole rings is 1. The standard InChI is InChI=1S/C14H14BBrN4O2/c1-22-9-4-3-8(16)11-12(9)19-14(18-11)20-13(21)7-2-5-10(15)17-6-7/h2,5-6H,3-4,15H2,1H3,(H2,18,19,20,21). The third kappa shape index (κ3) is 2.78. The Morgan fingerprint density at radius 1 is 1.45 bits per heavy atom. The van der Waals surface area contributed by atoms with Crippen LogP contribution in [-0.2, 0) is 4.74 Å². The Hall–Kier alpha value is -2.09. The summed E-state index contributed by atoms with van der Waals surface area (Å²) in [7, 11) is 3.51. The van der Waals surface area contributed by atoms with E-state index in [9.17, 15) is 4.79 Å². The zero-order valence-electron chi connectivity index (χ0n) is 12.2. The van der Waals surface area contributed by atoms with E-state index < -0.39 is 0 Å². The van der Waals surface area contributed by atoms with Crippen molar-refractivity contribution in [1.82, 2.24) is 15.0 Å². The SMILES string of the molecule is Bc1ccc(C(=O)Nc2nc3c([nH]2)=C(OC)CCC=3Br)cn1. The number of halogens is 1. The molecule has 0 saturated carbocycles. The molecule has 0 saturated heterocycles. The van der Waals surface area contributed by atoms with Crippen molar-refractivity contribution in [2.24, 2.45) is 0 Å². The minimum atomic E-state index is -0.256. The second kappa shape index (κ2) is 5.96. The van der Waals surface area contributed by atoms with Gasteiger partial charge in [0.2, 0.25) is 5.95 Å². The smallest absolute Gasteiger partial charge is 0.259 e. The van der Waals surface area contributed by atoms with Crippen molar-refractivity contribution in [3.05, 3.63) is 34.6 Å². The maximum atomic E-state index is 12.2. The number of amides is 1. The molecule has 0 spiro atoms. The lowest BCUT2D eigenvalue weighted by atomic mass is 10.0. The van der Waals surface area contributed by atoms with Crippen LogP contribution in [0.5, 0.6) is 0 Å². The van der Waals surface area contributed by atoms with E-state index in [0.717, 1.165) is 39.4 Å². The Bertz CT molecular complexity index is 845. The number of fused-ring (bicyclic) bond motifs is 1. The van der Waals surface area contributed by atoms with Crippen LogP contribution in [0.15, 0.2) is 18.3 Å². The van der Waals surface area contributed by atoms with Gasteiger partial charge in [0.15, 0.2) is 7.85 Å². The molecule has 0 fully saturated rings. The fourth-order valence-corrected chi connectivity index (χ4v) is 2.77. The monoisotopic (exact) mass is 360 g/mol. The molecule has 8 heteroatoms. The van der Waals surface area contributed by atoms with Gasteiger partial charge in [0, 0.05) is 17.1 Å². The topological polar surface area (TPSA) is 79.9 Å². The molecule has 2 aromatic rings. The van der Waals surface area contributed by atoms with Crippen molar-refractivity contribution >= 4 is 51.5 Å². The fourth-order valence-electron chi connectivity index (χ4n) is 2.28. The molecule has 112 valence electrons. The van der Waals surface area contributed by atoms with Gasteiger partial charge in [-0.2, -0.15) is 0 Å². The quantitative estimate of drug-likeness (QED) is 0.714. The van der Waals surface area contributed by atoms with Crippen molar-refractivity contribution in [2.45, 2.75) is 12.8 Å². The van der Waals surface area contributed by atoms with Crippen molar-refractivity contribution in [1.29, 1.82) is 0 Å². The van der Waals surface area contributed by atoms with E-state index in [2.05, 4.69) is 36.2 Å². The number of carbonyl (C=O) groups excluding carboxylic acids is 1. The number of anilines is 1. The maximum absolute atomic E-state index is 12.2. The Balaban J connectivity index is 1.93. The number of hydrogen-bond acceptors (Lipinski definition) is 4. The summed E-state index contributed by atoms with van der Waals surface area (Å²) in [6, 6.07) is 3.53. The molecule has 0 unspecified atom stereocenters.